The highest BCUT2D eigenvalue weighted by molar-refractivity contribution is 14.1. The quantitative estimate of drug-likeness (QED) is 0.761. The highest BCUT2D eigenvalue weighted by atomic mass is 127. The van der Waals surface area contributed by atoms with E-state index < -0.39 is 17.5 Å². The number of anilines is 1. The van der Waals surface area contributed by atoms with Gasteiger partial charge in [0.15, 0.2) is 6.23 Å². The van der Waals surface area contributed by atoms with Crippen LogP contribution in [0.4, 0.5) is 5.82 Å². The number of fused-ring (bicyclic) bond motifs is 2. The fourth-order valence-corrected chi connectivity index (χ4v) is 3.88. The lowest BCUT2D eigenvalue weighted by Gasteiger charge is -2.36. The number of aromatic nitrogens is 2. The number of rotatable bonds is 3. The van der Waals surface area contributed by atoms with Gasteiger partial charge in [-0.3, -0.25) is 4.57 Å². The average molecular weight is 407 g/mol. The summed E-state index contributed by atoms with van der Waals surface area (Å²) in [4.78, 5) is 16.0. The zero-order valence-corrected chi connectivity index (χ0v) is 14.1. The third kappa shape index (κ3) is 2.28. The van der Waals surface area contributed by atoms with Crippen molar-refractivity contribution >= 4 is 28.8 Å². The first-order chi connectivity index (χ1) is 10.0. The Balaban J connectivity index is 2.05. The van der Waals surface area contributed by atoms with Crippen LogP contribution in [0.5, 0.6) is 0 Å². The van der Waals surface area contributed by atoms with Gasteiger partial charge in [0.05, 0.1) is 6.61 Å². The van der Waals surface area contributed by atoms with Gasteiger partial charge in [-0.15, -0.1) is 0 Å². The molecular formula is C13H18IN3O4. The van der Waals surface area contributed by atoms with E-state index in [0.717, 1.165) is 18.4 Å². The molecule has 0 saturated carbocycles. The molecule has 0 aliphatic carbocycles. The smallest absolute Gasteiger partial charge is 0.351 e. The minimum absolute atomic E-state index is 0.202. The molecule has 7 nitrogen and oxygen atoms in total. The molecule has 2 N–H and O–H groups in total. The van der Waals surface area contributed by atoms with Crippen molar-refractivity contribution in [3.05, 3.63) is 22.2 Å². The van der Waals surface area contributed by atoms with E-state index >= 15 is 0 Å². The summed E-state index contributed by atoms with van der Waals surface area (Å²) in [5.41, 5.74) is 5.57. The van der Waals surface area contributed by atoms with Gasteiger partial charge in [-0.2, -0.15) is 4.98 Å². The summed E-state index contributed by atoms with van der Waals surface area (Å²) in [6, 6.07) is 0. The van der Waals surface area contributed by atoms with Crippen molar-refractivity contribution in [2.45, 2.75) is 50.7 Å². The van der Waals surface area contributed by atoms with E-state index in [0.29, 0.717) is 6.61 Å². The summed E-state index contributed by atoms with van der Waals surface area (Å²) >= 11 is 1.88. The molecular weight excluding hydrogens is 389 g/mol. The van der Waals surface area contributed by atoms with Crippen molar-refractivity contribution in [2.24, 2.45) is 0 Å². The summed E-state index contributed by atoms with van der Waals surface area (Å²) in [5.74, 6) is 0.241. The predicted molar refractivity (Wildman–Crippen MR) is 84.0 cm³/mol. The molecule has 2 saturated heterocycles. The Morgan fingerprint density at radius 3 is 3.05 bits per heavy atom. The fourth-order valence-electron chi connectivity index (χ4n) is 3.13. The monoisotopic (exact) mass is 407 g/mol. The van der Waals surface area contributed by atoms with Gasteiger partial charge in [0.2, 0.25) is 0 Å². The Hall–Kier alpha value is -0.710. The molecule has 4 atom stereocenters. The van der Waals surface area contributed by atoms with Gasteiger partial charge in [0, 0.05) is 18.2 Å². The molecule has 3 rings (SSSR count). The standard InChI is InChI=1S/C13H18IN3O4/c1-3-13-4-5-19-8(9(13)21-14)11(20-13)17-6-7(2)10(15)16-12(17)18/h6,8-9,11H,3-5H2,1-2H3,(H2,15,16,18)/t8?,9?,11-,13+/m1/s1. The Bertz CT molecular complexity index is 608. The lowest BCUT2D eigenvalue weighted by atomic mass is 9.87. The van der Waals surface area contributed by atoms with Crippen LogP contribution in [-0.4, -0.2) is 34.0 Å². The van der Waals surface area contributed by atoms with Crippen molar-refractivity contribution in [2.75, 3.05) is 12.3 Å². The summed E-state index contributed by atoms with van der Waals surface area (Å²) in [6.07, 6.45) is 2.16. The highest BCUT2D eigenvalue weighted by Gasteiger charge is 2.59. The molecule has 2 fully saturated rings. The van der Waals surface area contributed by atoms with E-state index in [1.54, 1.807) is 6.20 Å². The second kappa shape index (κ2) is 5.49. The van der Waals surface area contributed by atoms with E-state index in [1.165, 1.54) is 4.57 Å². The number of hydrogen-bond donors (Lipinski definition) is 1. The second-order valence-electron chi connectivity index (χ2n) is 5.52. The maximum Gasteiger partial charge on any atom is 0.351 e. The number of halogens is 1. The molecule has 0 spiro atoms. The predicted octanol–water partition coefficient (Wildman–Crippen LogP) is 1.34. The maximum atomic E-state index is 12.1. The van der Waals surface area contributed by atoms with Crippen LogP contribution in [0.25, 0.3) is 0 Å². The van der Waals surface area contributed by atoms with Gasteiger partial charge in [-0.1, -0.05) is 6.92 Å². The van der Waals surface area contributed by atoms with Gasteiger partial charge in [0.25, 0.3) is 0 Å². The summed E-state index contributed by atoms with van der Waals surface area (Å²) in [5, 5.41) is 0. The molecule has 2 aliphatic heterocycles. The average Bonchev–Trinajstić information content (AvgIpc) is 2.65. The minimum Gasteiger partial charge on any atom is -0.383 e. The molecule has 2 bridgehead atoms. The van der Waals surface area contributed by atoms with E-state index in [2.05, 4.69) is 11.9 Å². The normalized spacial score (nSPS) is 35.1. The Morgan fingerprint density at radius 2 is 2.43 bits per heavy atom. The third-order valence-corrected chi connectivity index (χ3v) is 4.98. The number of nitrogen functional groups attached to an aromatic ring is 1. The number of aryl methyl sites for hydroxylation is 1. The molecule has 3 heterocycles. The largest absolute Gasteiger partial charge is 0.383 e. The van der Waals surface area contributed by atoms with Crippen LogP contribution in [0.15, 0.2) is 11.0 Å². The Labute approximate surface area is 136 Å². The maximum absolute atomic E-state index is 12.1. The second-order valence-corrected chi connectivity index (χ2v) is 6.03. The molecule has 1 aromatic rings. The SMILES string of the molecule is CC[C@]12CCOC(C1OI)[C@H](n1cc(C)c(N)nc1=O)O2. The Kier molecular flexibility index (Phi) is 3.97. The third-order valence-electron chi connectivity index (χ3n) is 4.43. The zero-order valence-electron chi connectivity index (χ0n) is 11.9. The molecule has 1 aromatic heterocycles. The first-order valence-electron chi connectivity index (χ1n) is 6.94. The molecule has 0 radical (unpaired) electrons. The molecule has 116 valence electrons. The van der Waals surface area contributed by atoms with Crippen LogP contribution >= 0.6 is 23.0 Å². The highest BCUT2D eigenvalue weighted by Crippen LogP contribution is 2.47. The lowest BCUT2D eigenvalue weighted by Crippen LogP contribution is -2.48. The van der Waals surface area contributed by atoms with E-state index in [4.69, 9.17) is 18.3 Å². The number of nitrogens with two attached hydrogens (primary N) is 1. The summed E-state index contributed by atoms with van der Waals surface area (Å²) < 4.78 is 19.1. The van der Waals surface area contributed by atoms with Crippen LogP contribution in [0.3, 0.4) is 0 Å². The molecule has 2 aliphatic rings. The van der Waals surface area contributed by atoms with Crippen molar-refractivity contribution in [3.8, 4) is 0 Å². The van der Waals surface area contributed by atoms with E-state index in [-0.39, 0.29) is 18.0 Å². The van der Waals surface area contributed by atoms with Crippen LogP contribution < -0.4 is 11.4 Å². The summed E-state index contributed by atoms with van der Waals surface area (Å²) in [7, 11) is 0. The van der Waals surface area contributed by atoms with Gasteiger partial charge >= 0.3 is 5.69 Å². The molecule has 0 amide bonds. The molecule has 2 unspecified atom stereocenters. The van der Waals surface area contributed by atoms with Crippen molar-refractivity contribution in [1.82, 2.24) is 9.55 Å². The fraction of sp³-hybridized carbons (Fsp3) is 0.692. The number of hydrogen-bond acceptors (Lipinski definition) is 6. The van der Waals surface area contributed by atoms with Crippen LogP contribution in [-0.2, 0) is 12.5 Å². The first kappa shape index (κ1) is 15.2. The van der Waals surface area contributed by atoms with Crippen molar-refractivity contribution in [3.63, 3.8) is 0 Å². The topological polar surface area (TPSA) is 88.6 Å². The zero-order chi connectivity index (χ0) is 15.2. The first-order valence-corrected chi connectivity index (χ1v) is 7.82. The van der Waals surface area contributed by atoms with Gasteiger partial charge in [-0.25, -0.2) is 4.79 Å². The van der Waals surface area contributed by atoms with Crippen LogP contribution in [0, 0.1) is 6.92 Å². The number of nitrogens with zero attached hydrogens (tertiary/aromatic N) is 2. The van der Waals surface area contributed by atoms with Crippen LogP contribution in [0.2, 0.25) is 0 Å². The number of ether oxygens (including phenoxy) is 2. The van der Waals surface area contributed by atoms with Crippen LogP contribution in [0.1, 0.15) is 31.6 Å². The van der Waals surface area contributed by atoms with Gasteiger partial charge < -0.3 is 18.3 Å². The summed E-state index contributed by atoms with van der Waals surface area (Å²) in [6.45, 7) is 4.46. The van der Waals surface area contributed by atoms with Crippen molar-refractivity contribution < 1.29 is 12.5 Å². The molecule has 21 heavy (non-hydrogen) atoms. The van der Waals surface area contributed by atoms with Crippen molar-refractivity contribution in [1.29, 1.82) is 0 Å². The Morgan fingerprint density at radius 1 is 1.67 bits per heavy atom. The molecule has 8 heteroatoms. The minimum atomic E-state index is -0.536. The van der Waals surface area contributed by atoms with E-state index in [1.807, 2.05) is 29.9 Å². The lowest BCUT2D eigenvalue weighted by molar-refractivity contribution is -0.104. The van der Waals surface area contributed by atoms with Gasteiger partial charge in [-0.05, 0) is 13.3 Å². The van der Waals surface area contributed by atoms with E-state index in [9.17, 15) is 4.79 Å². The van der Waals surface area contributed by atoms with Gasteiger partial charge in [0.1, 0.15) is 46.6 Å². The molecule has 0 aromatic carbocycles.